The highest BCUT2D eigenvalue weighted by molar-refractivity contribution is 7.70. The van der Waals surface area contributed by atoms with Crippen molar-refractivity contribution in [3.05, 3.63) is 132 Å². The van der Waals surface area contributed by atoms with Crippen molar-refractivity contribution in [3.8, 4) is 5.75 Å². The van der Waals surface area contributed by atoms with Crippen molar-refractivity contribution in [1.82, 2.24) is 0 Å². The lowest BCUT2D eigenvalue weighted by Gasteiger charge is -2.34. The fourth-order valence-corrected chi connectivity index (χ4v) is 7.30. The molecule has 0 spiro atoms. The number of hydrogen-bond acceptors (Lipinski definition) is 3. The van der Waals surface area contributed by atoms with E-state index in [0.29, 0.717) is 11.9 Å². The van der Waals surface area contributed by atoms with E-state index in [2.05, 4.69) is 0 Å². The van der Waals surface area contributed by atoms with Gasteiger partial charge < -0.3 is 14.4 Å². The van der Waals surface area contributed by atoms with E-state index in [-0.39, 0.29) is 6.16 Å². The smallest absolute Gasteiger partial charge is 0.123 e. The molecule has 4 aromatic rings. The Bertz CT molecular complexity index is 1150. The molecule has 4 heteroatoms. The monoisotopic (exact) mass is 442 g/mol. The number of benzene rings is 4. The molecule has 0 amide bonds. The Labute approximate surface area is 189 Å². The molecule has 0 aliphatic rings. The first-order chi connectivity index (χ1) is 15.5. The molecule has 0 aromatic heterocycles. The van der Waals surface area contributed by atoms with Gasteiger partial charge in [-0.2, -0.15) is 0 Å². The standard InChI is InChI=1S/C28H27O3P/c1-31-27-20-12-11-13-23(27)21-32(30,26-18-9-4-10-19-26)22-28(29,24-14-5-2-6-15-24)25-16-7-3-8-17-25/h2-20,29H,21-22H2,1H3/t32-/m0/s1. The third-order valence-electron chi connectivity index (χ3n) is 5.83. The Hall–Kier alpha value is -3.13. The van der Waals surface area contributed by atoms with E-state index in [0.717, 1.165) is 22.0 Å². The van der Waals surface area contributed by atoms with Gasteiger partial charge in [0.1, 0.15) is 18.5 Å². The number of para-hydroxylation sites is 1. The van der Waals surface area contributed by atoms with Gasteiger partial charge >= 0.3 is 0 Å². The fraction of sp³-hybridized carbons (Fsp3) is 0.143. The average Bonchev–Trinajstić information content (AvgIpc) is 2.86. The molecule has 0 aliphatic heterocycles. The van der Waals surface area contributed by atoms with Gasteiger partial charge in [0.15, 0.2) is 0 Å². The molecular weight excluding hydrogens is 415 g/mol. The second-order valence-electron chi connectivity index (χ2n) is 7.95. The van der Waals surface area contributed by atoms with Crippen LogP contribution in [-0.4, -0.2) is 18.4 Å². The van der Waals surface area contributed by atoms with Gasteiger partial charge in [0.2, 0.25) is 0 Å². The summed E-state index contributed by atoms with van der Waals surface area (Å²) in [6, 6.07) is 36.2. The quantitative estimate of drug-likeness (QED) is 0.350. The summed E-state index contributed by atoms with van der Waals surface area (Å²) in [6.45, 7) is 0. The number of ether oxygens (including phenoxy) is 1. The van der Waals surface area contributed by atoms with Crippen molar-refractivity contribution >= 4 is 12.4 Å². The van der Waals surface area contributed by atoms with Gasteiger partial charge in [-0.15, -0.1) is 0 Å². The van der Waals surface area contributed by atoms with Crippen molar-refractivity contribution in [2.24, 2.45) is 0 Å². The van der Waals surface area contributed by atoms with E-state index in [1.807, 2.05) is 115 Å². The molecule has 0 saturated carbocycles. The van der Waals surface area contributed by atoms with Gasteiger partial charge in [-0.1, -0.05) is 109 Å². The highest BCUT2D eigenvalue weighted by atomic mass is 31.2. The van der Waals surface area contributed by atoms with Crippen LogP contribution in [0.25, 0.3) is 0 Å². The van der Waals surface area contributed by atoms with Crippen LogP contribution in [0, 0.1) is 0 Å². The summed E-state index contributed by atoms with van der Waals surface area (Å²) < 4.78 is 20.3. The van der Waals surface area contributed by atoms with Gasteiger partial charge in [-0.05, 0) is 17.2 Å². The van der Waals surface area contributed by atoms with Gasteiger partial charge in [-0.3, -0.25) is 0 Å². The first-order valence-electron chi connectivity index (χ1n) is 10.6. The minimum absolute atomic E-state index is 0.0795. The van der Waals surface area contributed by atoms with Gasteiger partial charge in [0, 0.05) is 23.2 Å². The number of aliphatic hydroxyl groups is 1. The maximum Gasteiger partial charge on any atom is 0.123 e. The minimum atomic E-state index is -3.12. The Morgan fingerprint density at radius 2 is 1.19 bits per heavy atom. The van der Waals surface area contributed by atoms with E-state index >= 15 is 0 Å². The fourth-order valence-electron chi connectivity index (χ4n) is 4.19. The predicted molar refractivity (Wildman–Crippen MR) is 131 cm³/mol. The topological polar surface area (TPSA) is 46.5 Å². The third-order valence-corrected chi connectivity index (χ3v) is 8.89. The zero-order valence-corrected chi connectivity index (χ0v) is 19.0. The summed E-state index contributed by atoms with van der Waals surface area (Å²) in [6.07, 6.45) is 0.374. The molecule has 0 fully saturated rings. The van der Waals surface area contributed by atoms with Crippen molar-refractivity contribution in [2.45, 2.75) is 11.8 Å². The van der Waals surface area contributed by atoms with Crippen LogP contribution in [0.5, 0.6) is 5.75 Å². The molecule has 1 atom stereocenters. The van der Waals surface area contributed by atoms with Crippen LogP contribution < -0.4 is 10.0 Å². The normalized spacial score (nSPS) is 13.3. The Balaban J connectivity index is 1.86. The highest BCUT2D eigenvalue weighted by Gasteiger charge is 2.41. The number of hydrogen-bond donors (Lipinski definition) is 1. The lowest BCUT2D eigenvalue weighted by atomic mass is 9.88. The summed E-state index contributed by atoms with van der Waals surface area (Å²) in [4.78, 5) is 0. The minimum Gasteiger partial charge on any atom is -0.496 e. The Kier molecular flexibility index (Phi) is 6.60. The van der Waals surface area contributed by atoms with Crippen molar-refractivity contribution in [3.63, 3.8) is 0 Å². The van der Waals surface area contributed by atoms with E-state index in [4.69, 9.17) is 4.74 Å². The SMILES string of the molecule is COc1ccccc1C[P@](=O)(CC(O)(c1ccccc1)c1ccccc1)c1ccccc1. The second kappa shape index (κ2) is 9.56. The predicted octanol–water partition coefficient (Wildman–Crippen LogP) is 5.82. The first kappa shape index (κ1) is 22.1. The molecule has 32 heavy (non-hydrogen) atoms. The van der Waals surface area contributed by atoms with Crippen LogP contribution in [-0.2, 0) is 16.3 Å². The van der Waals surface area contributed by atoms with Crippen LogP contribution in [0.4, 0.5) is 0 Å². The lowest BCUT2D eigenvalue weighted by Crippen LogP contribution is -2.34. The molecule has 4 aromatic carbocycles. The van der Waals surface area contributed by atoms with E-state index in [1.165, 1.54) is 0 Å². The zero-order chi connectivity index (χ0) is 22.4. The number of methoxy groups -OCH3 is 1. The molecule has 1 N–H and O–H groups in total. The first-order valence-corrected chi connectivity index (χ1v) is 12.7. The molecule has 3 nitrogen and oxygen atoms in total. The summed E-state index contributed by atoms with van der Waals surface area (Å²) in [5, 5.41) is 12.9. The van der Waals surface area contributed by atoms with Crippen LogP contribution in [0.1, 0.15) is 16.7 Å². The largest absolute Gasteiger partial charge is 0.496 e. The van der Waals surface area contributed by atoms with Crippen LogP contribution in [0.3, 0.4) is 0 Å². The molecule has 0 unspecified atom stereocenters. The van der Waals surface area contributed by atoms with Gasteiger partial charge in [-0.25, -0.2) is 0 Å². The third kappa shape index (κ3) is 4.55. The molecule has 0 bridgehead atoms. The molecular formula is C28H27O3P. The maximum atomic E-state index is 14.8. The molecule has 0 saturated heterocycles. The van der Waals surface area contributed by atoms with Crippen LogP contribution in [0.15, 0.2) is 115 Å². The summed E-state index contributed by atoms with van der Waals surface area (Å²) in [5.41, 5.74) is 0.908. The lowest BCUT2D eigenvalue weighted by molar-refractivity contribution is 0.105. The molecule has 0 aliphatic carbocycles. The maximum absolute atomic E-state index is 14.8. The highest BCUT2D eigenvalue weighted by Crippen LogP contribution is 2.54. The molecule has 0 radical (unpaired) electrons. The van der Waals surface area contributed by atoms with Crippen molar-refractivity contribution in [2.75, 3.05) is 13.3 Å². The average molecular weight is 442 g/mol. The van der Waals surface area contributed by atoms with Crippen LogP contribution in [0.2, 0.25) is 0 Å². The summed E-state index contributed by atoms with van der Waals surface area (Å²) in [5.74, 6) is 0.701. The number of rotatable bonds is 8. The Morgan fingerprint density at radius 1 is 0.719 bits per heavy atom. The molecule has 0 heterocycles. The Morgan fingerprint density at radius 3 is 1.72 bits per heavy atom. The second-order valence-corrected chi connectivity index (χ2v) is 10.9. The summed E-state index contributed by atoms with van der Waals surface area (Å²) >= 11 is 0. The van der Waals surface area contributed by atoms with E-state index in [1.54, 1.807) is 7.11 Å². The van der Waals surface area contributed by atoms with E-state index in [9.17, 15) is 9.67 Å². The van der Waals surface area contributed by atoms with Crippen molar-refractivity contribution < 1.29 is 14.4 Å². The molecule has 162 valence electrons. The zero-order valence-electron chi connectivity index (χ0n) is 18.1. The van der Waals surface area contributed by atoms with E-state index < -0.39 is 12.7 Å². The van der Waals surface area contributed by atoms with Crippen LogP contribution >= 0.6 is 7.14 Å². The van der Waals surface area contributed by atoms with Gasteiger partial charge in [0.05, 0.1) is 7.11 Å². The van der Waals surface area contributed by atoms with Crippen molar-refractivity contribution in [1.29, 1.82) is 0 Å². The molecule has 4 rings (SSSR count). The summed E-state index contributed by atoms with van der Waals surface area (Å²) in [7, 11) is -1.49. The van der Waals surface area contributed by atoms with Gasteiger partial charge in [0.25, 0.3) is 0 Å².